The van der Waals surface area contributed by atoms with Crippen LogP contribution in [0.1, 0.15) is 25.0 Å². The molecule has 5 rings (SSSR count). The number of aromatic nitrogens is 1. The Bertz CT molecular complexity index is 1400. The molecule has 168 valence electrons. The van der Waals surface area contributed by atoms with Gasteiger partial charge in [0.1, 0.15) is 0 Å². The maximum Gasteiger partial charge on any atom is 0.315 e. The van der Waals surface area contributed by atoms with Crippen LogP contribution in [0.25, 0.3) is 32.9 Å². The zero-order valence-electron chi connectivity index (χ0n) is 18.7. The zero-order valence-corrected chi connectivity index (χ0v) is 18.7. The molecule has 0 bridgehead atoms. The molecule has 0 amide bonds. The first-order valence-electron chi connectivity index (χ1n) is 11.2. The Morgan fingerprint density at radius 1 is 1.15 bits per heavy atom. The van der Waals surface area contributed by atoms with E-state index in [1.807, 2.05) is 18.2 Å². The molecule has 0 fully saturated rings. The van der Waals surface area contributed by atoms with Gasteiger partial charge in [-0.1, -0.05) is 37.3 Å². The van der Waals surface area contributed by atoms with Crippen molar-refractivity contribution in [1.29, 1.82) is 0 Å². The summed E-state index contributed by atoms with van der Waals surface area (Å²) in [7, 11) is 0. The highest BCUT2D eigenvalue weighted by Gasteiger charge is 2.27. The lowest BCUT2D eigenvalue weighted by Gasteiger charge is -2.30. The summed E-state index contributed by atoms with van der Waals surface area (Å²) in [6, 6.07) is 15.5. The third-order valence-corrected chi connectivity index (χ3v) is 6.42. The molecule has 1 N–H and O–H groups in total. The molecule has 0 atom stereocenters. The minimum atomic E-state index is -0.583. The van der Waals surface area contributed by atoms with Crippen molar-refractivity contribution < 1.29 is 14.8 Å². The standard InChI is InChI=1S/C26H25N3O4/c1-3-28-12-11-19-20(15-28)25(17-13-22(29(31)32)26(30)23(14-17)33-4-2)27-21-10-9-16-7-5-6-8-18(16)24(19)21/h5-10,13-14,30H,3-4,11-12,15H2,1-2H3. The number of aromatic hydroxyl groups is 1. The van der Waals surface area contributed by atoms with Crippen molar-refractivity contribution in [3.8, 4) is 22.8 Å². The number of fused-ring (bicyclic) bond motifs is 5. The summed E-state index contributed by atoms with van der Waals surface area (Å²) < 4.78 is 5.53. The molecule has 1 aliphatic heterocycles. The normalized spacial score (nSPS) is 13.9. The van der Waals surface area contributed by atoms with Gasteiger partial charge in [0, 0.05) is 30.1 Å². The number of nitro benzene ring substituents is 1. The van der Waals surface area contributed by atoms with Crippen LogP contribution in [0.4, 0.5) is 5.69 Å². The van der Waals surface area contributed by atoms with Crippen molar-refractivity contribution in [2.24, 2.45) is 0 Å². The Morgan fingerprint density at radius 2 is 1.97 bits per heavy atom. The summed E-state index contributed by atoms with van der Waals surface area (Å²) in [5.74, 6) is -0.361. The molecule has 0 unspecified atom stereocenters. The van der Waals surface area contributed by atoms with Crippen LogP contribution in [-0.4, -0.2) is 39.6 Å². The van der Waals surface area contributed by atoms with E-state index in [2.05, 4.69) is 30.0 Å². The molecule has 1 aromatic heterocycles. The number of ether oxygens (including phenoxy) is 1. The SMILES string of the molecule is CCOc1cc(-c2nc3ccc4ccccc4c3c3c2CN(CC)CC3)cc([N+](=O)[O-])c1O. The monoisotopic (exact) mass is 443 g/mol. The topological polar surface area (TPSA) is 88.7 Å². The van der Waals surface area contributed by atoms with Gasteiger partial charge >= 0.3 is 5.69 Å². The number of likely N-dealkylation sites (N-methyl/N-ethyl adjacent to an activating group) is 1. The van der Waals surface area contributed by atoms with Crippen LogP contribution >= 0.6 is 0 Å². The third-order valence-electron chi connectivity index (χ3n) is 6.42. The summed E-state index contributed by atoms with van der Waals surface area (Å²) >= 11 is 0. The van der Waals surface area contributed by atoms with Gasteiger partial charge in [-0.2, -0.15) is 0 Å². The van der Waals surface area contributed by atoms with Crippen LogP contribution in [0.3, 0.4) is 0 Å². The van der Waals surface area contributed by atoms with Gasteiger partial charge in [-0.15, -0.1) is 0 Å². The van der Waals surface area contributed by atoms with E-state index in [0.29, 0.717) is 17.8 Å². The maximum absolute atomic E-state index is 11.7. The van der Waals surface area contributed by atoms with Gasteiger partial charge in [0.25, 0.3) is 0 Å². The Kier molecular flexibility index (Phi) is 5.34. The van der Waals surface area contributed by atoms with E-state index in [-0.39, 0.29) is 18.0 Å². The van der Waals surface area contributed by atoms with Crippen LogP contribution in [-0.2, 0) is 13.0 Å². The minimum Gasteiger partial charge on any atom is -0.500 e. The number of phenols is 1. The van der Waals surface area contributed by atoms with Crippen LogP contribution in [0, 0.1) is 10.1 Å². The molecule has 0 spiro atoms. The Morgan fingerprint density at radius 3 is 2.73 bits per heavy atom. The van der Waals surface area contributed by atoms with E-state index >= 15 is 0 Å². The minimum absolute atomic E-state index is 0.0963. The van der Waals surface area contributed by atoms with Crippen molar-refractivity contribution in [2.45, 2.75) is 26.8 Å². The highest BCUT2D eigenvalue weighted by molar-refractivity contribution is 6.09. The molecular formula is C26H25N3O4. The van der Waals surface area contributed by atoms with Crippen LogP contribution in [0.15, 0.2) is 48.5 Å². The number of hydrogen-bond acceptors (Lipinski definition) is 6. The van der Waals surface area contributed by atoms with Crippen molar-refractivity contribution in [3.05, 3.63) is 69.8 Å². The predicted molar refractivity (Wildman–Crippen MR) is 129 cm³/mol. The Hall–Kier alpha value is -3.71. The number of nitro groups is 1. The zero-order chi connectivity index (χ0) is 23.1. The van der Waals surface area contributed by atoms with E-state index < -0.39 is 10.7 Å². The summed E-state index contributed by atoms with van der Waals surface area (Å²) in [5.41, 5.74) is 4.08. The van der Waals surface area contributed by atoms with Crippen LogP contribution in [0.2, 0.25) is 0 Å². The predicted octanol–water partition coefficient (Wildman–Crippen LogP) is 5.45. The number of nitrogens with zero attached hydrogens (tertiary/aromatic N) is 3. The van der Waals surface area contributed by atoms with Gasteiger partial charge in [0.05, 0.1) is 22.7 Å². The van der Waals surface area contributed by atoms with Crippen molar-refractivity contribution in [3.63, 3.8) is 0 Å². The van der Waals surface area contributed by atoms with Gasteiger partial charge in [0.2, 0.25) is 5.75 Å². The first kappa shape index (κ1) is 21.2. The van der Waals surface area contributed by atoms with Gasteiger partial charge in [0.15, 0.2) is 5.75 Å². The molecule has 0 saturated carbocycles. The number of phenolic OH excluding ortho intramolecular Hbond substituents is 1. The van der Waals surface area contributed by atoms with E-state index in [1.165, 1.54) is 22.4 Å². The molecule has 1 aliphatic rings. The quantitative estimate of drug-likeness (QED) is 0.251. The molecule has 3 aromatic carbocycles. The fraction of sp³-hybridized carbons (Fsp3) is 0.269. The largest absolute Gasteiger partial charge is 0.500 e. The van der Waals surface area contributed by atoms with E-state index in [9.17, 15) is 15.2 Å². The number of pyridine rings is 1. The summed E-state index contributed by atoms with van der Waals surface area (Å²) in [6.45, 7) is 6.77. The summed E-state index contributed by atoms with van der Waals surface area (Å²) in [5, 5.41) is 25.5. The maximum atomic E-state index is 11.7. The van der Waals surface area contributed by atoms with Gasteiger partial charge < -0.3 is 9.84 Å². The molecule has 4 aromatic rings. The first-order chi connectivity index (χ1) is 16.0. The highest BCUT2D eigenvalue weighted by Crippen LogP contribution is 2.43. The fourth-order valence-corrected chi connectivity index (χ4v) is 4.81. The number of hydrogen-bond donors (Lipinski definition) is 1. The van der Waals surface area contributed by atoms with E-state index in [0.717, 1.165) is 36.0 Å². The average Bonchev–Trinajstić information content (AvgIpc) is 2.84. The molecule has 0 aliphatic carbocycles. The number of benzene rings is 3. The third kappa shape index (κ3) is 3.54. The van der Waals surface area contributed by atoms with Gasteiger partial charge in [-0.3, -0.25) is 15.0 Å². The fourth-order valence-electron chi connectivity index (χ4n) is 4.81. The average molecular weight is 444 g/mol. The highest BCUT2D eigenvalue weighted by atomic mass is 16.6. The van der Waals surface area contributed by atoms with E-state index in [4.69, 9.17) is 9.72 Å². The molecule has 0 saturated heterocycles. The van der Waals surface area contributed by atoms with Gasteiger partial charge in [-0.05, 0) is 53.9 Å². The van der Waals surface area contributed by atoms with Crippen LogP contribution < -0.4 is 4.74 Å². The second-order valence-electron chi connectivity index (χ2n) is 8.25. The molecule has 0 radical (unpaired) electrons. The summed E-state index contributed by atoms with van der Waals surface area (Å²) in [6.07, 6.45) is 0.877. The summed E-state index contributed by atoms with van der Waals surface area (Å²) in [4.78, 5) is 18.5. The Labute approximate surface area is 191 Å². The van der Waals surface area contributed by atoms with Crippen molar-refractivity contribution >= 4 is 27.4 Å². The molecular weight excluding hydrogens is 418 g/mol. The number of rotatable bonds is 5. The van der Waals surface area contributed by atoms with Crippen LogP contribution in [0.5, 0.6) is 11.5 Å². The smallest absolute Gasteiger partial charge is 0.315 e. The molecule has 33 heavy (non-hydrogen) atoms. The van der Waals surface area contributed by atoms with E-state index in [1.54, 1.807) is 13.0 Å². The lowest BCUT2D eigenvalue weighted by atomic mass is 9.89. The van der Waals surface area contributed by atoms with Crippen molar-refractivity contribution in [1.82, 2.24) is 9.88 Å². The Balaban J connectivity index is 1.84. The molecule has 2 heterocycles. The van der Waals surface area contributed by atoms with Gasteiger partial charge in [-0.25, -0.2) is 4.98 Å². The second kappa shape index (κ2) is 8.33. The lowest BCUT2D eigenvalue weighted by Crippen LogP contribution is -2.31. The second-order valence-corrected chi connectivity index (χ2v) is 8.25. The molecule has 7 heteroatoms. The first-order valence-corrected chi connectivity index (χ1v) is 11.2. The lowest BCUT2D eigenvalue weighted by molar-refractivity contribution is -0.385. The van der Waals surface area contributed by atoms with Crippen molar-refractivity contribution in [2.75, 3.05) is 19.7 Å². The molecule has 7 nitrogen and oxygen atoms in total.